The molecule has 0 aliphatic carbocycles. The first-order valence-electron chi connectivity index (χ1n) is 12.1. The molecule has 2 aromatic carbocycles. The van der Waals surface area contributed by atoms with E-state index in [1.807, 2.05) is 34.1 Å². The standard InChI is InChI=1S/C27H33N3O5/c1-20(31)28-12-10-22(11-13-28)24-4-3-5-25(18-24)30(27(33)29-14-16-35-17-15-29)19-21-6-8-23(9-7-21)26(32)34-2/h3-9,18,22H,10-17,19H2,1-2H3. The average molecular weight is 480 g/mol. The number of nitrogens with zero attached hydrogens (tertiary/aromatic N) is 3. The Morgan fingerprint density at radius 2 is 1.66 bits per heavy atom. The molecule has 186 valence electrons. The lowest BCUT2D eigenvalue weighted by Crippen LogP contribution is -2.48. The van der Waals surface area contributed by atoms with Crippen LogP contribution in [-0.2, 0) is 20.8 Å². The number of esters is 1. The molecule has 8 nitrogen and oxygen atoms in total. The summed E-state index contributed by atoms with van der Waals surface area (Å²) >= 11 is 0. The van der Waals surface area contributed by atoms with Crippen molar-refractivity contribution < 1.29 is 23.9 Å². The zero-order valence-corrected chi connectivity index (χ0v) is 20.4. The number of rotatable bonds is 5. The van der Waals surface area contributed by atoms with E-state index >= 15 is 0 Å². The number of hydrogen-bond acceptors (Lipinski definition) is 5. The molecule has 0 unspecified atom stereocenters. The lowest BCUT2D eigenvalue weighted by Gasteiger charge is -2.34. The lowest BCUT2D eigenvalue weighted by atomic mass is 9.89. The van der Waals surface area contributed by atoms with Crippen molar-refractivity contribution in [3.05, 3.63) is 65.2 Å². The van der Waals surface area contributed by atoms with E-state index in [0.717, 1.165) is 37.2 Å². The predicted molar refractivity (Wildman–Crippen MR) is 132 cm³/mol. The summed E-state index contributed by atoms with van der Waals surface area (Å²) in [5.41, 5.74) is 3.41. The Labute approximate surface area is 206 Å². The summed E-state index contributed by atoms with van der Waals surface area (Å²) in [4.78, 5) is 42.6. The van der Waals surface area contributed by atoms with Gasteiger partial charge < -0.3 is 19.3 Å². The van der Waals surface area contributed by atoms with Crippen LogP contribution >= 0.6 is 0 Å². The Morgan fingerprint density at radius 1 is 0.971 bits per heavy atom. The number of methoxy groups -OCH3 is 1. The van der Waals surface area contributed by atoms with Gasteiger partial charge in [0.15, 0.2) is 0 Å². The second-order valence-electron chi connectivity index (χ2n) is 9.03. The average Bonchev–Trinajstić information content (AvgIpc) is 2.92. The monoisotopic (exact) mass is 479 g/mol. The third-order valence-electron chi connectivity index (χ3n) is 6.82. The largest absolute Gasteiger partial charge is 0.465 e. The maximum absolute atomic E-state index is 13.6. The minimum atomic E-state index is -0.388. The second kappa shape index (κ2) is 11.4. The second-order valence-corrected chi connectivity index (χ2v) is 9.03. The summed E-state index contributed by atoms with van der Waals surface area (Å²) in [5, 5.41) is 0. The molecule has 4 rings (SSSR count). The normalized spacial score (nSPS) is 16.6. The van der Waals surface area contributed by atoms with Gasteiger partial charge in [0.2, 0.25) is 5.91 Å². The predicted octanol–water partition coefficient (Wildman–Crippen LogP) is 3.66. The van der Waals surface area contributed by atoms with Gasteiger partial charge in [-0.15, -0.1) is 0 Å². The summed E-state index contributed by atoms with van der Waals surface area (Å²) in [7, 11) is 1.36. The van der Waals surface area contributed by atoms with Gasteiger partial charge in [0.1, 0.15) is 0 Å². The minimum Gasteiger partial charge on any atom is -0.465 e. The Hall–Kier alpha value is -3.39. The molecule has 2 aliphatic rings. The fourth-order valence-corrected chi connectivity index (χ4v) is 4.72. The number of amides is 3. The lowest BCUT2D eigenvalue weighted by molar-refractivity contribution is -0.129. The highest BCUT2D eigenvalue weighted by Gasteiger charge is 2.26. The highest BCUT2D eigenvalue weighted by molar-refractivity contribution is 5.92. The molecular formula is C27H33N3O5. The maximum atomic E-state index is 13.6. The van der Waals surface area contributed by atoms with Gasteiger partial charge in [-0.05, 0) is 54.2 Å². The number of hydrogen-bond donors (Lipinski definition) is 0. The molecule has 2 aromatic rings. The Morgan fingerprint density at radius 3 is 2.29 bits per heavy atom. The first-order valence-corrected chi connectivity index (χ1v) is 12.1. The van der Waals surface area contributed by atoms with Crippen molar-refractivity contribution in [3.8, 4) is 0 Å². The van der Waals surface area contributed by atoms with E-state index < -0.39 is 0 Å². The van der Waals surface area contributed by atoms with E-state index in [2.05, 4.69) is 12.1 Å². The van der Waals surface area contributed by atoms with E-state index in [0.29, 0.717) is 44.3 Å². The van der Waals surface area contributed by atoms with Crippen molar-refractivity contribution >= 4 is 23.6 Å². The van der Waals surface area contributed by atoms with Crippen LogP contribution in [-0.4, -0.2) is 74.2 Å². The Balaban J connectivity index is 1.57. The van der Waals surface area contributed by atoms with Gasteiger partial charge in [-0.1, -0.05) is 24.3 Å². The number of morpholine rings is 1. The number of carbonyl (C=O) groups is 3. The van der Waals surface area contributed by atoms with E-state index in [-0.39, 0.29) is 17.9 Å². The number of urea groups is 1. The molecule has 3 amide bonds. The molecule has 0 aromatic heterocycles. The molecule has 2 heterocycles. The molecule has 0 spiro atoms. The number of anilines is 1. The molecular weight excluding hydrogens is 446 g/mol. The third kappa shape index (κ3) is 6.00. The highest BCUT2D eigenvalue weighted by atomic mass is 16.5. The summed E-state index contributed by atoms with van der Waals surface area (Å²) in [6.07, 6.45) is 1.82. The van der Waals surface area contributed by atoms with Gasteiger partial charge in [0, 0.05) is 38.8 Å². The van der Waals surface area contributed by atoms with Crippen LogP contribution in [0, 0.1) is 0 Å². The number of likely N-dealkylation sites (tertiary alicyclic amines) is 1. The summed E-state index contributed by atoms with van der Waals surface area (Å²) in [5.74, 6) is 0.0873. The number of carbonyl (C=O) groups excluding carboxylic acids is 3. The molecule has 2 aliphatic heterocycles. The van der Waals surface area contributed by atoms with Crippen molar-refractivity contribution in [2.24, 2.45) is 0 Å². The van der Waals surface area contributed by atoms with Crippen LogP contribution < -0.4 is 4.90 Å². The van der Waals surface area contributed by atoms with E-state index in [1.54, 1.807) is 24.0 Å². The van der Waals surface area contributed by atoms with Crippen molar-refractivity contribution in [2.75, 3.05) is 51.4 Å². The third-order valence-corrected chi connectivity index (χ3v) is 6.82. The van der Waals surface area contributed by atoms with Crippen molar-refractivity contribution in [1.82, 2.24) is 9.80 Å². The fraction of sp³-hybridized carbons (Fsp3) is 0.444. The molecule has 0 radical (unpaired) electrons. The zero-order chi connectivity index (χ0) is 24.8. The number of piperidine rings is 1. The van der Waals surface area contributed by atoms with Crippen LogP contribution in [0.15, 0.2) is 48.5 Å². The van der Waals surface area contributed by atoms with Crippen LogP contribution in [0.5, 0.6) is 0 Å². The van der Waals surface area contributed by atoms with Crippen LogP contribution in [0.25, 0.3) is 0 Å². The smallest absolute Gasteiger partial charge is 0.337 e. The van der Waals surface area contributed by atoms with E-state index in [1.165, 1.54) is 12.7 Å². The summed E-state index contributed by atoms with van der Waals surface area (Å²) in [6, 6.07) is 15.3. The topological polar surface area (TPSA) is 79.4 Å². The Bertz CT molecular complexity index is 1040. The quantitative estimate of drug-likeness (QED) is 0.612. The molecule has 35 heavy (non-hydrogen) atoms. The summed E-state index contributed by atoms with van der Waals surface area (Å²) < 4.78 is 10.2. The number of benzene rings is 2. The minimum absolute atomic E-state index is 0.0612. The van der Waals surface area contributed by atoms with Crippen LogP contribution in [0.3, 0.4) is 0 Å². The molecule has 0 bridgehead atoms. The van der Waals surface area contributed by atoms with Gasteiger partial charge in [-0.2, -0.15) is 0 Å². The summed E-state index contributed by atoms with van der Waals surface area (Å²) in [6.45, 7) is 5.68. The molecule has 0 saturated carbocycles. The first kappa shape index (κ1) is 24.7. The maximum Gasteiger partial charge on any atom is 0.337 e. The molecule has 2 fully saturated rings. The molecule has 8 heteroatoms. The van der Waals surface area contributed by atoms with Crippen LogP contribution in [0.2, 0.25) is 0 Å². The van der Waals surface area contributed by atoms with Gasteiger partial charge >= 0.3 is 12.0 Å². The number of ether oxygens (including phenoxy) is 2. The SMILES string of the molecule is COC(=O)c1ccc(CN(C(=O)N2CCOCC2)c2cccc(C3CCN(C(C)=O)CC3)c2)cc1. The van der Waals surface area contributed by atoms with Gasteiger partial charge in [0.25, 0.3) is 0 Å². The fourth-order valence-electron chi connectivity index (χ4n) is 4.72. The van der Waals surface area contributed by atoms with Gasteiger partial charge in [-0.3, -0.25) is 9.69 Å². The van der Waals surface area contributed by atoms with Crippen LogP contribution in [0.4, 0.5) is 10.5 Å². The zero-order valence-electron chi connectivity index (χ0n) is 20.4. The van der Waals surface area contributed by atoms with Crippen molar-refractivity contribution in [3.63, 3.8) is 0 Å². The van der Waals surface area contributed by atoms with Crippen LogP contribution in [0.1, 0.15) is 47.2 Å². The first-order chi connectivity index (χ1) is 17.0. The molecule has 0 atom stereocenters. The van der Waals surface area contributed by atoms with Crippen molar-refractivity contribution in [2.45, 2.75) is 32.2 Å². The van der Waals surface area contributed by atoms with Gasteiger partial charge in [0.05, 0.1) is 32.4 Å². The van der Waals surface area contributed by atoms with Crippen molar-refractivity contribution in [1.29, 1.82) is 0 Å². The molecule has 2 saturated heterocycles. The highest BCUT2D eigenvalue weighted by Crippen LogP contribution is 2.31. The van der Waals surface area contributed by atoms with Gasteiger partial charge in [-0.25, -0.2) is 9.59 Å². The van der Waals surface area contributed by atoms with E-state index in [9.17, 15) is 14.4 Å². The Kier molecular flexibility index (Phi) is 8.02. The van der Waals surface area contributed by atoms with E-state index in [4.69, 9.17) is 9.47 Å². The molecule has 0 N–H and O–H groups in total.